The first-order valence-electron chi connectivity index (χ1n) is 13.0. The largest absolute Gasteiger partial charge is 0.493 e. The van der Waals surface area contributed by atoms with E-state index in [1.165, 1.54) is 5.56 Å². The van der Waals surface area contributed by atoms with Gasteiger partial charge in [-0.1, -0.05) is 53.6 Å². The minimum absolute atomic E-state index is 0.194. The highest BCUT2D eigenvalue weighted by atomic mass is 16.5. The van der Waals surface area contributed by atoms with E-state index in [1.807, 2.05) is 24.4 Å². The van der Waals surface area contributed by atoms with Crippen molar-refractivity contribution in [1.29, 1.82) is 0 Å². The summed E-state index contributed by atoms with van der Waals surface area (Å²) in [6, 6.07) is 21.8. The third kappa shape index (κ3) is 6.78. The molecule has 0 saturated carbocycles. The number of pyridine rings is 1. The maximum Gasteiger partial charge on any atom is 0.261 e. The van der Waals surface area contributed by atoms with Crippen LogP contribution in [0.3, 0.4) is 0 Å². The second-order valence-corrected chi connectivity index (χ2v) is 9.25. The van der Waals surface area contributed by atoms with Crippen LogP contribution >= 0.6 is 0 Å². The van der Waals surface area contributed by atoms with Crippen molar-refractivity contribution in [2.75, 3.05) is 44.6 Å². The number of hydrogen-bond acceptors (Lipinski definition) is 8. The summed E-state index contributed by atoms with van der Waals surface area (Å²) in [7, 11) is 0. The van der Waals surface area contributed by atoms with Gasteiger partial charge >= 0.3 is 0 Å². The zero-order chi connectivity index (χ0) is 26.0. The molecule has 0 radical (unpaired) electrons. The zero-order valence-electron chi connectivity index (χ0n) is 21.3. The highest BCUT2D eigenvalue weighted by Gasteiger charge is 2.17. The Balaban J connectivity index is 1.09. The fourth-order valence-corrected chi connectivity index (χ4v) is 4.71. The molecule has 10 heteroatoms. The van der Waals surface area contributed by atoms with Crippen molar-refractivity contribution in [2.24, 2.45) is 0 Å². The smallest absolute Gasteiger partial charge is 0.261 e. The third-order valence-corrected chi connectivity index (χ3v) is 6.60. The van der Waals surface area contributed by atoms with Gasteiger partial charge in [0.2, 0.25) is 5.95 Å². The summed E-state index contributed by atoms with van der Waals surface area (Å²) in [5.74, 6) is 0.417. The van der Waals surface area contributed by atoms with Crippen LogP contribution in [0.15, 0.2) is 72.9 Å². The van der Waals surface area contributed by atoms with Crippen LogP contribution in [0, 0.1) is 0 Å². The fourth-order valence-electron chi connectivity index (χ4n) is 4.71. The van der Waals surface area contributed by atoms with Crippen molar-refractivity contribution in [2.45, 2.75) is 19.4 Å². The SMILES string of the molecule is O=C(Nc1nnn[nH]1)c1ccccc1OCCCN1CCCN(Cc2cccnc2-c2ccccc2)CC1. The molecule has 1 fully saturated rings. The molecule has 0 atom stereocenters. The summed E-state index contributed by atoms with van der Waals surface area (Å²) >= 11 is 0. The Hall–Kier alpha value is -4.15. The van der Waals surface area contributed by atoms with Crippen molar-refractivity contribution in [3.8, 4) is 17.0 Å². The van der Waals surface area contributed by atoms with Crippen molar-refractivity contribution < 1.29 is 9.53 Å². The summed E-state index contributed by atoms with van der Waals surface area (Å²) in [5, 5.41) is 15.8. The van der Waals surface area contributed by atoms with Crippen LogP contribution in [-0.4, -0.2) is 80.6 Å². The van der Waals surface area contributed by atoms with Crippen LogP contribution in [0.4, 0.5) is 5.95 Å². The van der Waals surface area contributed by atoms with Crippen molar-refractivity contribution in [1.82, 2.24) is 35.4 Å². The molecule has 0 spiro atoms. The summed E-state index contributed by atoms with van der Waals surface area (Å²) in [5.41, 5.74) is 3.94. The molecule has 0 aliphatic carbocycles. The molecule has 1 saturated heterocycles. The van der Waals surface area contributed by atoms with Gasteiger partial charge in [0, 0.05) is 37.9 Å². The highest BCUT2D eigenvalue weighted by molar-refractivity contribution is 6.05. The lowest BCUT2D eigenvalue weighted by molar-refractivity contribution is 0.102. The molecule has 5 rings (SSSR count). The van der Waals surface area contributed by atoms with E-state index < -0.39 is 0 Å². The molecular formula is C28H32N8O2. The average molecular weight is 513 g/mol. The van der Waals surface area contributed by atoms with Crippen LogP contribution in [0.5, 0.6) is 5.75 Å². The third-order valence-electron chi connectivity index (χ3n) is 6.60. The van der Waals surface area contributed by atoms with E-state index in [-0.39, 0.29) is 11.9 Å². The van der Waals surface area contributed by atoms with Gasteiger partial charge in [0.15, 0.2) is 0 Å². The fraction of sp³-hybridized carbons (Fsp3) is 0.321. The molecule has 2 aromatic carbocycles. The summed E-state index contributed by atoms with van der Waals surface area (Å²) in [6.07, 6.45) is 3.88. The van der Waals surface area contributed by atoms with E-state index in [4.69, 9.17) is 4.74 Å². The van der Waals surface area contributed by atoms with Crippen molar-refractivity contribution in [3.05, 3.63) is 84.1 Å². The maximum atomic E-state index is 12.6. The van der Waals surface area contributed by atoms with Gasteiger partial charge in [0.05, 0.1) is 17.9 Å². The Bertz CT molecular complexity index is 1300. The number of nitrogens with one attached hydrogen (secondary N) is 2. The number of amides is 1. The van der Waals surface area contributed by atoms with Crippen LogP contribution in [0.25, 0.3) is 11.3 Å². The number of carbonyl (C=O) groups is 1. The van der Waals surface area contributed by atoms with Crippen LogP contribution < -0.4 is 10.1 Å². The molecule has 3 heterocycles. The number of H-pyrrole nitrogens is 1. The molecular weight excluding hydrogens is 480 g/mol. The van der Waals surface area contributed by atoms with Gasteiger partial charge in [0.1, 0.15) is 5.75 Å². The van der Waals surface area contributed by atoms with E-state index in [0.29, 0.717) is 17.9 Å². The standard InChI is InChI=1S/C28H32N8O2/c37-27(30-28-31-33-34-32-28)24-12-4-5-13-25(24)38-20-8-17-35-15-7-16-36(19-18-35)21-23-11-6-14-29-26(23)22-9-2-1-3-10-22/h1-6,9-14H,7-8,15-21H2,(H2,30,31,32,33,34,37). The number of hydrogen-bond donors (Lipinski definition) is 2. The van der Waals surface area contributed by atoms with E-state index in [9.17, 15) is 4.79 Å². The molecule has 0 bridgehead atoms. The number of anilines is 1. The van der Waals surface area contributed by atoms with Gasteiger partial charge in [-0.15, -0.1) is 0 Å². The predicted molar refractivity (Wildman–Crippen MR) is 145 cm³/mol. The number of benzene rings is 2. The van der Waals surface area contributed by atoms with E-state index in [0.717, 1.165) is 63.4 Å². The number of ether oxygens (including phenoxy) is 1. The second-order valence-electron chi connectivity index (χ2n) is 9.25. The minimum Gasteiger partial charge on any atom is -0.493 e. The predicted octanol–water partition coefficient (Wildman–Crippen LogP) is 3.49. The number of aromatic nitrogens is 5. The number of aromatic amines is 1. The number of rotatable bonds is 10. The summed E-state index contributed by atoms with van der Waals surface area (Å²) in [4.78, 5) is 22.3. The Kier molecular flexibility index (Phi) is 8.65. The second kappa shape index (κ2) is 12.9. The van der Waals surface area contributed by atoms with Gasteiger partial charge in [-0.25, -0.2) is 5.10 Å². The topological polar surface area (TPSA) is 112 Å². The molecule has 2 aromatic heterocycles. The Morgan fingerprint density at radius 3 is 2.63 bits per heavy atom. The lowest BCUT2D eigenvalue weighted by Crippen LogP contribution is -2.31. The van der Waals surface area contributed by atoms with Crippen molar-refractivity contribution >= 4 is 11.9 Å². The summed E-state index contributed by atoms with van der Waals surface area (Å²) in [6.45, 7) is 6.56. The van der Waals surface area contributed by atoms with Gasteiger partial charge in [-0.3, -0.25) is 20.0 Å². The molecule has 1 aliphatic heterocycles. The number of para-hydroxylation sites is 1. The van der Waals surface area contributed by atoms with Gasteiger partial charge in [-0.05, 0) is 60.1 Å². The van der Waals surface area contributed by atoms with Crippen molar-refractivity contribution in [3.63, 3.8) is 0 Å². The van der Waals surface area contributed by atoms with E-state index in [1.54, 1.807) is 18.2 Å². The molecule has 4 aromatic rings. The quantitative estimate of drug-likeness (QED) is 0.311. The molecule has 0 unspecified atom stereocenters. The zero-order valence-corrected chi connectivity index (χ0v) is 21.3. The first kappa shape index (κ1) is 25.5. The monoisotopic (exact) mass is 512 g/mol. The maximum absolute atomic E-state index is 12.6. The Labute approximate surface area is 222 Å². The van der Waals surface area contributed by atoms with Gasteiger partial charge in [-0.2, -0.15) is 0 Å². The van der Waals surface area contributed by atoms with Gasteiger partial charge < -0.3 is 9.64 Å². The van der Waals surface area contributed by atoms with Crippen LogP contribution in [0.2, 0.25) is 0 Å². The van der Waals surface area contributed by atoms with Crippen LogP contribution in [0.1, 0.15) is 28.8 Å². The molecule has 196 valence electrons. The minimum atomic E-state index is -0.323. The molecule has 38 heavy (non-hydrogen) atoms. The molecule has 1 amide bonds. The van der Waals surface area contributed by atoms with E-state index >= 15 is 0 Å². The molecule has 1 aliphatic rings. The van der Waals surface area contributed by atoms with Gasteiger partial charge in [0.25, 0.3) is 5.91 Å². The number of tetrazole rings is 1. The average Bonchev–Trinajstić information content (AvgIpc) is 3.37. The first-order valence-corrected chi connectivity index (χ1v) is 13.0. The highest BCUT2D eigenvalue weighted by Crippen LogP contribution is 2.23. The Morgan fingerprint density at radius 1 is 0.947 bits per heavy atom. The first-order chi connectivity index (χ1) is 18.8. The summed E-state index contributed by atoms with van der Waals surface area (Å²) < 4.78 is 5.99. The lowest BCUT2D eigenvalue weighted by atomic mass is 10.1. The Morgan fingerprint density at radius 2 is 1.76 bits per heavy atom. The van der Waals surface area contributed by atoms with E-state index in [2.05, 4.69) is 71.1 Å². The van der Waals surface area contributed by atoms with Crippen LogP contribution in [-0.2, 0) is 6.54 Å². The number of carbonyl (C=O) groups excluding carboxylic acids is 1. The molecule has 10 nitrogen and oxygen atoms in total. The molecule has 2 N–H and O–H groups in total. The normalized spacial score (nSPS) is 14.6. The number of nitrogens with zero attached hydrogens (tertiary/aromatic N) is 6. The lowest BCUT2D eigenvalue weighted by Gasteiger charge is -2.22.